The average Bonchev–Trinajstić information content (AvgIpc) is 2.15. The van der Waals surface area contributed by atoms with Crippen LogP contribution in [-0.2, 0) is 0 Å². The fraction of sp³-hybridized carbons (Fsp3) is 0.846. The van der Waals surface area contributed by atoms with Gasteiger partial charge in [-0.1, -0.05) is 33.8 Å². The first-order chi connectivity index (χ1) is 7.41. The smallest absolute Gasteiger partial charge is 0.0558 e. The number of aliphatic hydroxyl groups is 1. The Morgan fingerprint density at radius 1 is 1.44 bits per heavy atom. The van der Waals surface area contributed by atoms with Crippen LogP contribution in [0.15, 0.2) is 12.7 Å². The SMILES string of the molecule is C=CCN(CCO)CC(C)(C)CNC(C)C. The van der Waals surface area contributed by atoms with Crippen LogP contribution in [0.3, 0.4) is 0 Å². The highest BCUT2D eigenvalue weighted by Crippen LogP contribution is 2.16. The zero-order valence-corrected chi connectivity index (χ0v) is 11.3. The van der Waals surface area contributed by atoms with Gasteiger partial charge in [0.25, 0.3) is 0 Å². The third kappa shape index (κ3) is 7.85. The van der Waals surface area contributed by atoms with Gasteiger partial charge in [0.1, 0.15) is 0 Å². The fourth-order valence-electron chi connectivity index (χ4n) is 1.70. The molecule has 0 aliphatic rings. The summed E-state index contributed by atoms with van der Waals surface area (Å²) in [4.78, 5) is 2.23. The van der Waals surface area contributed by atoms with Crippen LogP contribution in [0.1, 0.15) is 27.7 Å². The van der Waals surface area contributed by atoms with Gasteiger partial charge in [0.15, 0.2) is 0 Å². The lowest BCUT2D eigenvalue weighted by atomic mass is 9.92. The number of hydrogen-bond donors (Lipinski definition) is 2. The van der Waals surface area contributed by atoms with E-state index in [0.29, 0.717) is 6.04 Å². The van der Waals surface area contributed by atoms with E-state index in [0.717, 1.165) is 26.2 Å². The molecule has 0 bridgehead atoms. The highest BCUT2D eigenvalue weighted by Gasteiger charge is 2.21. The summed E-state index contributed by atoms with van der Waals surface area (Å²) in [6.45, 7) is 16.3. The van der Waals surface area contributed by atoms with Crippen molar-refractivity contribution in [2.24, 2.45) is 5.41 Å². The van der Waals surface area contributed by atoms with Gasteiger partial charge in [0.2, 0.25) is 0 Å². The van der Waals surface area contributed by atoms with Gasteiger partial charge in [0, 0.05) is 32.2 Å². The Bertz CT molecular complexity index is 190. The maximum atomic E-state index is 8.99. The molecule has 96 valence electrons. The second-order valence-corrected chi connectivity index (χ2v) is 5.45. The van der Waals surface area contributed by atoms with Gasteiger partial charge in [-0.15, -0.1) is 6.58 Å². The molecule has 0 aromatic heterocycles. The second-order valence-electron chi connectivity index (χ2n) is 5.45. The molecule has 0 aliphatic heterocycles. The molecule has 0 saturated heterocycles. The lowest BCUT2D eigenvalue weighted by molar-refractivity contribution is 0.152. The van der Waals surface area contributed by atoms with Crippen LogP contribution < -0.4 is 5.32 Å². The molecule has 2 N–H and O–H groups in total. The Labute approximate surface area is 101 Å². The van der Waals surface area contributed by atoms with Crippen LogP contribution in [-0.4, -0.2) is 48.8 Å². The van der Waals surface area contributed by atoms with Crippen molar-refractivity contribution >= 4 is 0 Å². The van der Waals surface area contributed by atoms with E-state index in [9.17, 15) is 0 Å². The van der Waals surface area contributed by atoms with Crippen LogP contribution in [0.25, 0.3) is 0 Å². The molecule has 0 aromatic rings. The standard InChI is InChI=1S/C13H28N2O/c1-6-7-15(8-9-16)11-13(4,5)10-14-12(2)3/h6,12,14,16H,1,7-11H2,2-5H3. The third-order valence-corrected chi connectivity index (χ3v) is 2.44. The maximum Gasteiger partial charge on any atom is 0.0558 e. The summed E-state index contributed by atoms with van der Waals surface area (Å²) in [6, 6.07) is 0.518. The summed E-state index contributed by atoms with van der Waals surface area (Å²) >= 11 is 0. The van der Waals surface area contributed by atoms with E-state index in [-0.39, 0.29) is 12.0 Å². The lowest BCUT2D eigenvalue weighted by Crippen LogP contribution is -2.43. The fourth-order valence-corrected chi connectivity index (χ4v) is 1.70. The minimum absolute atomic E-state index is 0.210. The number of nitrogens with zero attached hydrogens (tertiary/aromatic N) is 1. The average molecular weight is 228 g/mol. The number of rotatable bonds is 9. The van der Waals surface area contributed by atoms with Gasteiger partial charge in [0.05, 0.1) is 6.61 Å². The molecule has 0 atom stereocenters. The Balaban J connectivity index is 4.11. The summed E-state index contributed by atoms with van der Waals surface area (Å²) in [5.41, 5.74) is 0.211. The minimum Gasteiger partial charge on any atom is -0.395 e. The molecular weight excluding hydrogens is 200 g/mol. The predicted molar refractivity (Wildman–Crippen MR) is 70.6 cm³/mol. The minimum atomic E-state index is 0.210. The van der Waals surface area contributed by atoms with Gasteiger partial charge in [-0.2, -0.15) is 0 Å². The van der Waals surface area contributed by atoms with E-state index in [1.807, 2.05) is 6.08 Å². The van der Waals surface area contributed by atoms with Gasteiger partial charge in [-0.3, -0.25) is 4.90 Å². The summed E-state index contributed by atoms with van der Waals surface area (Å²) in [5, 5.41) is 12.4. The van der Waals surface area contributed by atoms with Crippen molar-refractivity contribution in [3.63, 3.8) is 0 Å². The Hall–Kier alpha value is -0.380. The number of hydrogen-bond acceptors (Lipinski definition) is 3. The molecule has 0 fully saturated rings. The van der Waals surface area contributed by atoms with Crippen molar-refractivity contribution in [3.8, 4) is 0 Å². The van der Waals surface area contributed by atoms with Crippen LogP contribution in [0.4, 0.5) is 0 Å². The molecule has 0 spiro atoms. The predicted octanol–water partition coefficient (Wildman–Crippen LogP) is 1.49. The topological polar surface area (TPSA) is 35.5 Å². The molecule has 0 aromatic carbocycles. The second kappa shape index (κ2) is 7.82. The van der Waals surface area contributed by atoms with Gasteiger partial charge in [-0.25, -0.2) is 0 Å². The van der Waals surface area contributed by atoms with Crippen LogP contribution >= 0.6 is 0 Å². The normalized spacial score (nSPS) is 12.4. The van der Waals surface area contributed by atoms with Crippen molar-refractivity contribution in [2.75, 3.05) is 32.8 Å². The quantitative estimate of drug-likeness (QED) is 0.587. The third-order valence-electron chi connectivity index (χ3n) is 2.44. The van der Waals surface area contributed by atoms with Crippen molar-refractivity contribution in [2.45, 2.75) is 33.7 Å². The summed E-state index contributed by atoms with van der Waals surface area (Å²) in [5.74, 6) is 0. The van der Waals surface area contributed by atoms with Crippen LogP contribution in [0, 0.1) is 5.41 Å². The molecule has 0 aliphatic carbocycles. The van der Waals surface area contributed by atoms with Gasteiger partial charge < -0.3 is 10.4 Å². The van der Waals surface area contributed by atoms with Gasteiger partial charge >= 0.3 is 0 Å². The van der Waals surface area contributed by atoms with Gasteiger partial charge in [-0.05, 0) is 5.41 Å². The van der Waals surface area contributed by atoms with E-state index in [2.05, 4.69) is 44.5 Å². The lowest BCUT2D eigenvalue weighted by Gasteiger charge is -2.32. The van der Waals surface area contributed by atoms with E-state index in [4.69, 9.17) is 5.11 Å². The van der Waals surface area contributed by atoms with Crippen LogP contribution in [0.2, 0.25) is 0 Å². The highest BCUT2D eigenvalue weighted by atomic mass is 16.3. The Kier molecular flexibility index (Phi) is 7.64. The van der Waals surface area contributed by atoms with Crippen LogP contribution in [0.5, 0.6) is 0 Å². The zero-order chi connectivity index (χ0) is 12.6. The molecule has 3 nitrogen and oxygen atoms in total. The zero-order valence-electron chi connectivity index (χ0n) is 11.3. The van der Waals surface area contributed by atoms with E-state index < -0.39 is 0 Å². The molecular formula is C13H28N2O. The largest absolute Gasteiger partial charge is 0.395 e. The van der Waals surface area contributed by atoms with Crippen molar-refractivity contribution in [1.29, 1.82) is 0 Å². The Morgan fingerprint density at radius 2 is 2.06 bits per heavy atom. The molecule has 0 heterocycles. The number of aliphatic hydroxyl groups excluding tert-OH is 1. The molecule has 0 amide bonds. The molecule has 0 rings (SSSR count). The first-order valence-electron chi connectivity index (χ1n) is 6.09. The van der Waals surface area contributed by atoms with Crippen molar-refractivity contribution in [3.05, 3.63) is 12.7 Å². The Morgan fingerprint density at radius 3 is 2.50 bits per heavy atom. The first kappa shape index (κ1) is 15.6. The highest BCUT2D eigenvalue weighted by molar-refractivity contribution is 4.81. The van der Waals surface area contributed by atoms with Crippen molar-refractivity contribution < 1.29 is 5.11 Å². The number of nitrogens with one attached hydrogen (secondary N) is 1. The molecule has 0 saturated carbocycles. The van der Waals surface area contributed by atoms with Crippen molar-refractivity contribution in [1.82, 2.24) is 10.2 Å². The summed E-state index contributed by atoms with van der Waals surface area (Å²) in [6.07, 6.45) is 1.89. The van der Waals surface area contributed by atoms with E-state index in [1.54, 1.807) is 0 Å². The van der Waals surface area contributed by atoms with E-state index in [1.165, 1.54) is 0 Å². The molecule has 16 heavy (non-hydrogen) atoms. The maximum absolute atomic E-state index is 8.99. The summed E-state index contributed by atoms with van der Waals surface area (Å²) < 4.78 is 0. The van der Waals surface area contributed by atoms with E-state index >= 15 is 0 Å². The molecule has 0 radical (unpaired) electrons. The monoisotopic (exact) mass is 228 g/mol. The first-order valence-corrected chi connectivity index (χ1v) is 6.09. The molecule has 0 unspecified atom stereocenters. The summed E-state index contributed by atoms with van der Waals surface area (Å²) in [7, 11) is 0. The molecule has 3 heteroatoms.